The van der Waals surface area contributed by atoms with Gasteiger partial charge < -0.3 is 14.5 Å². The molecule has 1 heterocycles. The van der Waals surface area contributed by atoms with Crippen LogP contribution in [0.1, 0.15) is 31.0 Å². The maximum atomic E-state index is 12.2. The number of nitriles is 1. The van der Waals surface area contributed by atoms with Crippen LogP contribution in [0.15, 0.2) is 22.7 Å². The van der Waals surface area contributed by atoms with Gasteiger partial charge in [0.1, 0.15) is 0 Å². The highest BCUT2D eigenvalue weighted by Crippen LogP contribution is 2.34. The molecule has 0 saturated carbocycles. The fourth-order valence-electron chi connectivity index (χ4n) is 2.23. The second kappa shape index (κ2) is 7.29. The molecule has 0 spiro atoms. The third kappa shape index (κ3) is 3.37. The van der Waals surface area contributed by atoms with Crippen molar-refractivity contribution in [2.24, 2.45) is 0 Å². The summed E-state index contributed by atoms with van der Waals surface area (Å²) in [5.74, 6) is -2.57. The number of esters is 2. The molecule has 0 atom stereocenters. The van der Waals surface area contributed by atoms with Gasteiger partial charge in [-0.3, -0.25) is 9.59 Å². The normalized spacial score (nSPS) is 10.6. The first-order valence-corrected chi connectivity index (χ1v) is 7.87. The summed E-state index contributed by atoms with van der Waals surface area (Å²) in [5, 5.41) is 9.70. The molecule has 2 aromatic rings. The third-order valence-electron chi connectivity index (χ3n) is 3.22. The minimum Gasteiger partial charge on any atom is -0.465 e. The zero-order valence-electron chi connectivity index (χ0n) is 12.7. The van der Waals surface area contributed by atoms with E-state index in [1.54, 1.807) is 32.0 Å². The number of H-pyrrole nitrogens is 1. The molecule has 23 heavy (non-hydrogen) atoms. The molecular weight excluding hydrogens is 364 g/mol. The van der Waals surface area contributed by atoms with Gasteiger partial charge in [-0.05, 0) is 48.0 Å². The number of halogens is 1. The Morgan fingerprint density at radius 1 is 1.26 bits per heavy atom. The van der Waals surface area contributed by atoms with E-state index in [9.17, 15) is 9.59 Å². The Bertz CT molecular complexity index is 773. The van der Waals surface area contributed by atoms with Gasteiger partial charge in [0.15, 0.2) is 5.92 Å². The van der Waals surface area contributed by atoms with Crippen LogP contribution in [0.25, 0.3) is 10.9 Å². The van der Waals surface area contributed by atoms with E-state index in [1.165, 1.54) is 0 Å². The minimum atomic E-state index is -1.21. The molecule has 1 N–H and O–H groups in total. The Kier molecular flexibility index (Phi) is 5.40. The van der Waals surface area contributed by atoms with Crippen LogP contribution in [-0.4, -0.2) is 30.1 Å². The molecular formula is C16H15BrN2O4. The smallest absolute Gasteiger partial charge is 0.326 e. The number of hydrogen-bond donors (Lipinski definition) is 1. The molecule has 0 aliphatic heterocycles. The Hall–Kier alpha value is -2.33. The zero-order valence-corrected chi connectivity index (χ0v) is 14.3. The van der Waals surface area contributed by atoms with Crippen molar-refractivity contribution in [3.8, 4) is 6.07 Å². The molecule has 0 aliphatic rings. The number of ether oxygens (including phenoxy) is 2. The third-order valence-corrected chi connectivity index (χ3v) is 4.08. The van der Waals surface area contributed by atoms with Crippen LogP contribution in [0.3, 0.4) is 0 Å². The SMILES string of the molecule is CCOC(=O)C(C(=O)OCC)c1[nH]c2ccc(C#N)cc2c1Br. The molecule has 0 aliphatic carbocycles. The zero-order chi connectivity index (χ0) is 17.0. The van der Waals surface area contributed by atoms with Crippen LogP contribution in [0, 0.1) is 11.3 Å². The van der Waals surface area contributed by atoms with Crippen LogP contribution < -0.4 is 0 Å². The second-order valence-corrected chi connectivity index (χ2v) is 5.45. The van der Waals surface area contributed by atoms with E-state index in [4.69, 9.17) is 14.7 Å². The Balaban J connectivity index is 2.56. The topological polar surface area (TPSA) is 92.2 Å². The fourth-order valence-corrected chi connectivity index (χ4v) is 2.89. The number of fused-ring (bicyclic) bond motifs is 1. The monoisotopic (exact) mass is 378 g/mol. The van der Waals surface area contributed by atoms with Crippen molar-refractivity contribution in [2.45, 2.75) is 19.8 Å². The van der Waals surface area contributed by atoms with E-state index in [0.29, 0.717) is 26.6 Å². The fraction of sp³-hybridized carbons (Fsp3) is 0.312. The number of carbonyl (C=O) groups is 2. The summed E-state index contributed by atoms with van der Waals surface area (Å²) < 4.78 is 10.5. The van der Waals surface area contributed by atoms with Crippen LogP contribution in [-0.2, 0) is 19.1 Å². The highest BCUT2D eigenvalue weighted by atomic mass is 79.9. The molecule has 7 heteroatoms. The largest absolute Gasteiger partial charge is 0.465 e. The van der Waals surface area contributed by atoms with Gasteiger partial charge in [0.05, 0.1) is 30.5 Å². The summed E-state index contributed by atoms with van der Waals surface area (Å²) in [6.07, 6.45) is 0. The number of nitrogens with one attached hydrogen (secondary N) is 1. The first-order valence-electron chi connectivity index (χ1n) is 7.07. The van der Waals surface area contributed by atoms with E-state index in [1.807, 2.05) is 0 Å². The van der Waals surface area contributed by atoms with E-state index in [0.717, 1.165) is 0 Å². The molecule has 6 nitrogen and oxygen atoms in total. The number of aromatic amines is 1. The molecule has 0 bridgehead atoms. The molecule has 0 radical (unpaired) electrons. The lowest BCUT2D eigenvalue weighted by atomic mass is 10.1. The summed E-state index contributed by atoms with van der Waals surface area (Å²) in [6, 6.07) is 7.10. The van der Waals surface area contributed by atoms with Gasteiger partial charge in [0.25, 0.3) is 0 Å². The lowest BCUT2D eigenvalue weighted by Gasteiger charge is -2.13. The van der Waals surface area contributed by atoms with Crippen molar-refractivity contribution in [1.82, 2.24) is 4.98 Å². The second-order valence-electron chi connectivity index (χ2n) is 4.66. The molecule has 0 unspecified atom stereocenters. The number of carbonyl (C=O) groups excluding carboxylic acids is 2. The van der Waals surface area contributed by atoms with E-state index >= 15 is 0 Å². The standard InChI is InChI=1S/C16H15BrN2O4/c1-3-22-15(20)12(16(21)23-4-2)14-13(17)10-7-9(8-18)5-6-11(10)19-14/h5-7,12,19H,3-4H2,1-2H3. The Labute approximate surface area is 141 Å². The Morgan fingerprint density at radius 2 is 1.87 bits per heavy atom. The molecule has 120 valence electrons. The van der Waals surface area contributed by atoms with Crippen LogP contribution in [0.2, 0.25) is 0 Å². The molecule has 0 amide bonds. The highest BCUT2D eigenvalue weighted by molar-refractivity contribution is 9.10. The van der Waals surface area contributed by atoms with Crippen LogP contribution >= 0.6 is 15.9 Å². The predicted molar refractivity (Wildman–Crippen MR) is 86.7 cm³/mol. The van der Waals surface area contributed by atoms with Gasteiger partial charge in [0, 0.05) is 15.4 Å². The Morgan fingerprint density at radius 3 is 2.39 bits per heavy atom. The number of aromatic nitrogens is 1. The lowest BCUT2D eigenvalue weighted by molar-refractivity contribution is -0.157. The quantitative estimate of drug-likeness (QED) is 0.637. The first kappa shape index (κ1) is 17.0. The minimum absolute atomic E-state index is 0.158. The van der Waals surface area contributed by atoms with Crippen molar-refractivity contribution < 1.29 is 19.1 Å². The van der Waals surface area contributed by atoms with E-state index in [2.05, 4.69) is 27.0 Å². The van der Waals surface area contributed by atoms with Gasteiger partial charge in [-0.2, -0.15) is 5.26 Å². The number of hydrogen-bond acceptors (Lipinski definition) is 5. The maximum Gasteiger partial charge on any atom is 0.326 e. The number of benzene rings is 1. The summed E-state index contributed by atoms with van der Waals surface area (Å²) in [7, 11) is 0. The molecule has 0 fully saturated rings. The van der Waals surface area contributed by atoms with E-state index in [-0.39, 0.29) is 13.2 Å². The average molecular weight is 379 g/mol. The van der Waals surface area contributed by atoms with Gasteiger partial charge in [-0.15, -0.1) is 0 Å². The van der Waals surface area contributed by atoms with Gasteiger partial charge in [-0.1, -0.05) is 0 Å². The molecule has 0 saturated heterocycles. The average Bonchev–Trinajstić information content (AvgIpc) is 2.84. The van der Waals surface area contributed by atoms with Gasteiger partial charge in [0.2, 0.25) is 0 Å². The summed E-state index contributed by atoms with van der Waals surface area (Å²) in [6.45, 7) is 3.65. The van der Waals surface area contributed by atoms with Crippen LogP contribution in [0.4, 0.5) is 0 Å². The summed E-state index contributed by atoms with van der Waals surface area (Å²) in [5.41, 5.74) is 1.53. The highest BCUT2D eigenvalue weighted by Gasteiger charge is 2.35. The molecule has 1 aromatic heterocycles. The first-order chi connectivity index (χ1) is 11.0. The van der Waals surface area contributed by atoms with Crippen LogP contribution in [0.5, 0.6) is 0 Å². The van der Waals surface area contributed by atoms with Crippen molar-refractivity contribution >= 4 is 38.8 Å². The van der Waals surface area contributed by atoms with Crippen molar-refractivity contribution in [3.63, 3.8) is 0 Å². The van der Waals surface area contributed by atoms with E-state index < -0.39 is 17.9 Å². The van der Waals surface area contributed by atoms with Gasteiger partial charge in [-0.25, -0.2) is 0 Å². The lowest BCUT2D eigenvalue weighted by Crippen LogP contribution is -2.26. The number of rotatable bonds is 5. The summed E-state index contributed by atoms with van der Waals surface area (Å²) in [4.78, 5) is 27.4. The van der Waals surface area contributed by atoms with Crippen molar-refractivity contribution in [2.75, 3.05) is 13.2 Å². The predicted octanol–water partition coefficient (Wildman–Crippen LogP) is 3.01. The maximum absolute atomic E-state index is 12.2. The summed E-state index contributed by atoms with van der Waals surface area (Å²) >= 11 is 3.40. The van der Waals surface area contributed by atoms with Crippen molar-refractivity contribution in [1.29, 1.82) is 5.26 Å². The van der Waals surface area contributed by atoms with Gasteiger partial charge >= 0.3 is 11.9 Å². The molecule has 1 aromatic carbocycles. The van der Waals surface area contributed by atoms with Crippen molar-refractivity contribution in [3.05, 3.63) is 33.9 Å². The number of nitrogens with zero attached hydrogens (tertiary/aromatic N) is 1. The molecule has 2 rings (SSSR count).